The molecule has 2 N–H and O–H groups in total. The highest BCUT2D eigenvalue weighted by atomic mass is 16.2. The van der Waals surface area contributed by atoms with Crippen LogP contribution in [0.25, 0.3) is 0 Å². The van der Waals surface area contributed by atoms with Crippen LogP contribution in [0.3, 0.4) is 0 Å². The first-order valence-electron chi connectivity index (χ1n) is 5.36. The predicted octanol–water partition coefficient (Wildman–Crippen LogP) is 1.18. The average Bonchev–Trinajstić information content (AvgIpc) is 2.77. The molecule has 1 saturated heterocycles. The molecule has 0 aromatic heterocycles. The summed E-state index contributed by atoms with van der Waals surface area (Å²) in [7, 11) is 0. The number of rotatable bonds is 0. The number of nitrogens with one attached hydrogen (secondary N) is 2. The van der Waals surface area contributed by atoms with Crippen molar-refractivity contribution >= 4 is 11.6 Å². The summed E-state index contributed by atoms with van der Waals surface area (Å²) in [5.41, 5.74) is 3.14. The lowest BCUT2D eigenvalue weighted by atomic mass is 9.79. The summed E-state index contributed by atoms with van der Waals surface area (Å²) in [5, 5.41) is 6.28. The molecule has 3 heteroatoms. The first-order valence-corrected chi connectivity index (χ1v) is 5.36. The minimum atomic E-state index is -0.291. The highest BCUT2D eigenvalue weighted by Gasteiger charge is 2.49. The fourth-order valence-electron chi connectivity index (χ4n) is 2.86. The highest BCUT2D eigenvalue weighted by molar-refractivity contribution is 6.07. The van der Waals surface area contributed by atoms with Crippen LogP contribution in [0, 0.1) is 6.92 Å². The first-order chi connectivity index (χ1) is 7.24. The van der Waals surface area contributed by atoms with Crippen LogP contribution in [-0.2, 0) is 10.2 Å². The Bertz CT molecular complexity index is 433. The van der Waals surface area contributed by atoms with Crippen LogP contribution in [0.5, 0.6) is 0 Å². The van der Waals surface area contributed by atoms with E-state index in [0.717, 1.165) is 25.2 Å². The second-order valence-electron chi connectivity index (χ2n) is 4.46. The zero-order valence-corrected chi connectivity index (χ0v) is 8.76. The van der Waals surface area contributed by atoms with Crippen molar-refractivity contribution in [1.82, 2.24) is 5.32 Å². The molecule has 1 fully saturated rings. The van der Waals surface area contributed by atoms with Crippen molar-refractivity contribution in [2.75, 3.05) is 18.4 Å². The molecule has 2 aliphatic rings. The molecule has 1 amide bonds. The largest absolute Gasteiger partial charge is 0.325 e. The van der Waals surface area contributed by atoms with Gasteiger partial charge in [-0.3, -0.25) is 4.79 Å². The standard InChI is InChI=1S/C12H14N2O/c1-8-3-2-4-9-10(8)12(11(15)14-9)5-6-13-7-12/h2-4,13H,5-7H2,1H3,(H,14,15)/t12-/m0/s1. The van der Waals surface area contributed by atoms with Crippen LogP contribution in [0.2, 0.25) is 0 Å². The van der Waals surface area contributed by atoms with E-state index in [9.17, 15) is 4.79 Å². The lowest BCUT2D eigenvalue weighted by Crippen LogP contribution is -2.36. The van der Waals surface area contributed by atoms with E-state index in [1.165, 1.54) is 11.1 Å². The Kier molecular flexibility index (Phi) is 1.68. The highest BCUT2D eigenvalue weighted by Crippen LogP contribution is 2.43. The van der Waals surface area contributed by atoms with Crippen molar-refractivity contribution in [3.05, 3.63) is 29.3 Å². The molecular formula is C12H14N2O. The summed E-state index contributed by atoms with van der Waals surface area (Å²) in [6.07, 6.45) is 0.913. The van der Waals surface area contributed by atoms with Crippen molar-refractivity contribution in [3.8, 4) is 0 Å². The fraction of sp³-hybridized carbons (Fsp3) is 0.417. The number of anilines is 1. The Labute approximate surface area is 88.9 Å². The zero-order valence-electron chi connectivity index (χ0n) is 8.76. The van der Waals surface area contributed by atoms with E-state index in [2.05, 4.69) is 23.6 Å². The number of aryl methyl sites for hydroxylation is 1. The molecule has 0 bridgehead atoms. The summed E-state index contributed by atoms with van der Waals surface area (Å²) < 4.78 is 0. The van der Waals surface area contributed by atoms with Gasteiger partial charge in [-0.1, -0.05) is 12.1 Å². The van der Waals surface area contributed by atoms with Crippen molar-refractivity contribution < 1.29 is 4.79 Å². The molecule has 2 aliphatic heterocycles. The van der Waals surface area contributed by atoms with Gasteiger partial charge >= 0.3 is 0 Å². The Morgan fingerprint density at radius 3 is 3.00 bits per heavy atom. The van der Waals surface area contributed by atoms with Crippen molar-refractivity contribution in [3.63, 3.8) is 0 Å². The number of benzene rings is 1. The Morgan fingerprint density at radius 1 is 1.40 bits per heavy atom. The normalized spacial score (nSPS) is 28.2. The summed E-state index contributed by atoms with van der Waals surface area (Å²) in [4.78, 5) is 12.1. The van der Waals surface area contributed by atoms with E-state index < -0.39 is 0 Å². The maximum atomic E-state index is 12.1. The molecule has 1 spiro atoms. The van der Waals surface area contributed by atoms with Crippen LogP contribution >= 0.6 is 0 Å². The van der Waals surface area contributed by atoms with Crippen LogP contribution < -0.4 is 10.6 Å². The molecule has 1 atom stereocenters. The summed E-state index contributed by atoms with van der Waals surface area (Å²) in [6.45, 7) is 3.79. The lowest BCUT2D eigenvalue weighted by molar-refractivity contribution is -0.120. The molecular weight excluding hydrogens is 188 g/mol. The van der Waals surface area contributed by atoms with E-state index in [0.29, 0.717) is 0 Å². The summed E-state index contributed by atoms with van der Waals surface area (Å²) >= 11 is 0. The van der Waals surface area contributed by atoms with Crippen molar-refractivity contribution in [1.29, 1.82) is 0 Å². The van der Waals surface area contributed by atoms with Gasteiger partial charge < -0.3 is 10.6 Å². The van der Waals surface area contributed by atoms with Crippen LogP contribution in [0.1, 0.15) is 17.5 Å². The molecule has 78 valence electrons. The molecule has 0 saturated carbocycles. The summed E-state index contributed by atoms with van der Waals surface area (Å²) in [5.74, 6) is 0.164. The van der Waals surface area contributed by atoms with Gasteiger partial charge in [0.15, 0.2) is 0 Å². The SMILES string of the molecule is Cc1cccc2c1[C@@]1(CCNC1)C(=O)N2. The van der Waals surface area contributed by atoms with Crippen LogP contribution in [0.4, 0.5) is 5.69 Å². The molecule has 0 aliphatic carbocycles. The minimum Gasteiger partial charge on any atom is -0.325 e. The number of amides is 1. The molecule has 3 rings (SSSR count). The monoisotopic (exact) mass is 202 g/mol. The van der Waals surface area contributed by atoms with E-state index in [1.807, 2.05) is 12.1 Å². The third-order valence-electron chi connectivity index (χ3n) is 3.59. The maximum Gasteiger partial charge on any atom is 0.236 e. The number of fused-ring (bicyclic) bond motifs is 2. The maximum absolute atomic E-state index is 12.1. The quantitative estimate of drug-likeness (QED) is 0.663. The van der Waals surface area contributed by atoms with Crippen LogP contribution in [0.15, 0.2) is 18.2 Å². The van der Waals surface area contributed by atoms with Gasteiger partial charge in [0.1, 0.15) is 0 Å². The van der Waals surface area contributed by atoms with Gasteiger partial charge in [0.25, 0.3) is 0 Å². The number of carbonyl (C=O) groups is 1. The smallest absolute Gasteiger partial charge is 0.236 e. The van der Waals surface area contributed by atoms with Crippen LogP contribution in [-0.4, -0.2) is 19.0 Å². The molecule has 0 radical (unpaired) electrons. The number of hydrogen-bond acceptors (Lipinski definition) is 2. The van der Waals surface area contributed by atoms with Gasteiger partial charge in [-0.15, -0.1) is 0 Å². The molecule has 2 heterocycles. The van der Waals surface area contributed by atoms with E-state index in [1.54, 1.807) is 0 Å². The third kappa shape index (κ3) is 1.01. The lowest BCUT2D eigenvalue weighted by Gasteiger charge is -2.21. The minimum absolute atomic E-state index is 0.164. The van der Waals surface area contributed by atoms with E-state index >= 15 is 0 Å². The average molecular weight is 202 g/mol. The molecule has 0 unspecified atom stereocenters. The second kappa shape index (κ2) is 2.83. The van der Waals surface area contributed by atoms with Gasteiger partial charge in [0, 0.05) is 12.2 Å². The van der Waals surface area contributed by atoms with Gasteiger partial charge in [-0.05, 0) is 37.1 Å². The third-order valence-corrected chi connectivity index (χ3v) is 3.59. The summed E-state index contributed by atoms with van der Waals surface area (Å²) in [6, 6.07) is 6.07. The van der Waals surface area contributed by atoms with E-state index in [4.69, 9.17) is 0 Å². The first kappa shape index (κ1) is 8.92. The van der Waals surface area contributed by atoms with Crippen molar-refractivity contribution in [2.45, 2.75) is 18.8 Å². The second-order valence-corrected chi connectivity index (χ2v) is 4.46. The molecule has 1 aromatic carbocycles. The molecule has 1 aromatic rings. The van der Waals surface area contributed by atoms with E-state index in [-0.39, 0.29) is 11.3 Å². The molecule has 15 heavy (non-hydrogen) atoms. The number of hydrogen-bond donors (Lipinski definition) is 2. The predicted molar refractivity (Wildman–Crippen MR) is 59.0 cm³/mol. The van der Waals surface area contributed by atoms with Gasteiger partial charge in [-0.25, -0.2) is 0 Å². The van der Waals surface area contributed by atoms with Gasteiger partial charge in [0.2, 0.25) is 5.91 Å². The van der Waals surface area contributed by atoms with Crippen molar-refractivity contribution in [2.24, 2.45) is 0 Å². The Balaban J connectivity index is 2.24. The topological polar surface area (TPSA) is 41.1 Å². The number of carbonyl (C=O) groups excluding carboxylic acids is 1. The molecule has 3 nitrogen and oxygen atoms in total. The fourth-order valence-corrected chi connectivity index (χ4v) is 2.86. The van der Waals surface area contributed by atoms with Gasteiger partial charge in [0.05, 0.1) is 5.41 Å². The Hall–Kier alpha value is -1.35. The Morgan fingerprint density at radius 2 is 2.27 bits per heavy atom. The zero-order chi connectivity index (χ0) is 10.5. The van der Waals surface area contributed by atoms with Gasteiger partial charge in [-0.2, -0.15) is 0 Å².